The van der Waals surface area contributed by atoms with E-state index < -0.39 is 0 Å². The lowest BCUT2D eigenvalue weighted by atomic mass is 9.98. The molecule has 7 nitrogen and oxygen atoms in total. The van der Waals surface area contributed by atoms with Crippen LogP contribution in [0.3, 0.4) is 0 Å². The molecule has 4 rings (SSSR count). The number of piperazine rings is 1. The Bertz CT molecular complexity index is 1070. The molecule has 0 spiro atoms. The highest BCUT2D eigenvalue weighted by molar-refractivity contribution is 5.89. The van der Waals surface area contributed by atoms with Gasteiger partial charge in [-0.15, -0.1) is 0 Å². The summed E-state index contributed by atoms with van der Waals surface area (Å²) in [5.74, 6) is 0.725. The van der Waals surface area contributed by atoms with Crippen molar-refractivity contribution >= 4 is 17.6 Å². The summed E-state index contributed by atoms with van der Waals surface area (Å²) in [6.07, 6.45) is 0. The van der Waals surface area contributed by atoms with Crippen LogP contribution in [0.2, 0.25) is 0 Å². The molecule has 1 heterocycles. The van der Waals surface area contributed by atoms with Crippen molar-refractivity contribution in [2.24, 2.45) is 0 Å². The monoisotopic (exact) mass is 458 g/mol. The minimum absolute atomic E-state index is 0.0492. The Labute approximate surface area is 200 Å². The molecule has 1 unspecified atom stereocenters. The fourth-order valence-electron chi connectivity index (χ4n) is 4.04. The van der Waals surface area contributed by atoms with E-state index in [9.17, 15) is 9.59 Å². The van der Waals surface area contributed by atoms with Gasteiger partial charge in [-0.25, -0.2) is 4.79 Å². The van der Waals surface area contributed by atoms with E-state index in [4.69, 9.17) is 4.74 Å². The predicted molar refractivity (Wildman–Crippen MR) is 133 cm³/mol. The van der Waals surface area contributed by atoms with Crippen molar-refractivity contribution in [3.05, 3.63) is 96.1 Å². The number of urea groups is 1. The molecule has 0 aliphatic carbocycles. The maximum Gasteiger partial charge on any atom is 0.321 e. The Morgan fingerprint density at radius 2 is 1.41 bits per heavy atom. The summed E-state index contributed by atoms with van der Waals surface area (Å²) in [5.41, 5.74) is 2.78. The minimum atomic E-state index is -0.252. The molecular weight excluding hydrogens is 428 g/mol. The first kappa shape index (κ1) is 23.3. The maximum absolute atomic E-state index is 13.0. The van der Waals surface area contributed by atoms with Crippen LogP contribution in [0.25, 0.3) is 0 Å². The van der Waals surface area contributed by atoms with Gasteiger partial charge in [-0.1, -0.05) is 60.7 Å². The molecule has 1 fully saturated rings. The lowest BCUT2D eigenvalue weighted by Gasteiger charge is -2.34. The average Bonchev–Trinajstić information content (AvgIpc) is 2.89. The topological polar surface area (TPSA) is 73.9 Å². The summed E-state index contributed by atoms with van der Waals surface area (Å²) in [5, 5.41) is 6.10. The zero-order valence-corrected chi connectivity index (χ0v) is 19.3. The third-order valence-corrected chi connectivity index (χ3v) is 5.94. The van der Waals surface area contributed by atoms with Gasteiger partial charge in [0.15, 0.2) is 0 Å². The van der Waals surface area contributed by atoms with E-state index in [1.165, 1.54) is 0 Å². The number of nitrogens with zero attached hydrogens (tertiary/aromatic N) is 2. The van der Waals surface area contributed by atoms with E-state index >= 15 is 0 Å². The SMILES string of the molecule is COc1ccc(C(NC(=O)CN2CCN(C(=O)Nc3ccccc3)CC2)c2ccccc2)cc1. The van der Waals surface area contributed by atoms with Crippen molar-refractivity contribution in [3.8, 4) is 5.75 Å². The second kappa shape index (κ2) is 11.3. The van der Waals surface area contributed by atoms with E-state index in [1.54, 1.807) is 12.0 Å². The molecule has 1 saturated heterocycles. The second-order valence-electron chi connectivity index (χ2n) is 8.24. The normalized spacial score (nSPS) is 14.8. The van der Waals surface area contributed by atoms with Gasteiger partial charge in [0.1, 0.15) is 5.75 Å². The summed E-state index contributed by atoms with van der Waals surface area (Å²) in [7, 11) is 1.64. The van der Waals surface area contributed by atoms with Crippen LogP contribution in [0.5, 0.6) is 5.75 Å². The lowest BCUT2D eigenvalue weighted by Crippen LogP contribution is -2.52. The molecule has 34 heavy (non-hydrogen) atoms. The largest absolute Gasteiger partial charge is 0.497 e. The first-order valence-corrected chi connectivity index (χ1v) is 11.4. The minimum Gasteiger partial charge on any atom is -0.497 e. The van der Waals surface area contributed by atoms with Crippen LogP contribution in [0.15, 0.2) is 84.9 Å². The summed E-state index contributed by atoms with van der Waals surface area (Å²) in [6, 6.07) is 26.7. The smallest absolute Gasteiger partial charge is 0.321 e. The Morgan fingerprint density at radius 1 is 0.824 bits per heavy atom. The van der Waals surface area contributed by atoms with E-state index in [1.807, 2.05) is 84.9 Å². The van der Waals surface area contributed by atoms with Gasteiger partial charge in [-0.2, -0.15) is 0 Å². The van der Waals surface area contributed by atoms with Crippen molar-refractivity contribution in [3.63, 3.8) is 0 Å². The molecule has 0 radical (unpaired) electrons. The van der Waals surface area contributed by atoms with Crippen LogP contribution in [0, 0.1) is 0 Å². The van der Waals surface area contributed by atoms with Crippen molar-refractivity contribution in [2.45, 2.75) is 6.04 Å². The summed E-state index contributed by atoms with van der Waals surface area (Å²) >= 11 is 0. The van der Waals surface area contributed by atoms with Crippen LogP contribution in [0.4, 0.5) is 10.5 Å². The van der Waals surface area contributed by atoms with Gasteiger partial charge in [-0.05, 0) is 35.4 Å². The molecule has 3 amide bonds. The number of amides is 3. The van der Waals surface area contributed by atoms with Crippen LogP contribution in [-0.4, -0.2) is 61.6 Å². The molecule has 7 heteroatoms. The fraction of sp³-hybridized carbons (Fsp3) is 0.259. The molecule has 0 bridgehead atoms. The van der Waals surface area contributed by atoms with Gasteiger partial charge in [0.05, 0.1) is 19.7 Å². The van der Waals surface area contributed by atoms with E-state index in [-0.39, 0.29) is 24.5 Å². The number of nitrogens with one attached hydrogen (secondary N) is 2. The standard InChI is InChI=1S/C27H30N4O3/c1-34-24-14-12-22(13-15-24)26(21-8-4-2-5-9-21)29-25(32)20-30-16-18-31(19-17-30)27(33)28-23-10-6-3-7-11-23/h2-15,26H,16-20H2,1H3,(H,28,33)(H,29,32). The fourth-order valence-corrected chi connectivity index (χ4v) is 4.04. The van der Waals surface area contributed by atoms with E-state index in [2.05, 4.69) is 15.5 Å². The lowest BCUT2D eigenvalue weighted by molar-refractivity contribution is -0.123. The van der Waals surface area contributed by atoms with Crippen molar-refractivity contribution in [1.29, 1.82) is 0 Å². The molecule has 0 aromatic heterocycles. The van der Waals surface area contributed by atoms with E-state index in [0.29, 0.717) is 26.2 Å². The first-order chi connectivity index (χ1) is 16.6. The highest BCUT2D eigenvalue weighted by Gasteiger charge is 2.24. The number of carbonyl (C=O) groups excluding carboxylic acids is 2. The average molecular weight is 459 g/mol. The number of ether oxygens (including phenoxy) is 1. The maximum atomic E-state index is 13.0. The zero-order valence-electron chi connectivity index (χ0n) is 19.3. The summed E-state index contributed by atoms with van der Waals surface area (Å²) in [4.78, 5) is 29.4. The number of rotatable bonds is 7. The molecule has 1 aliphatic heterocycles. The van der Waals surface area contributed by atoms with Gasteiger partial charge in [0, 0.05) is 31.9 Å². The number of anilines is 1. The third-order valence-electron chi connectivity index (χ3n) is 5.94. The van der Waals surface area contributed by atoms with E-state index in [0.717, 1.165) is 22.6 Å². The van der Waals surface area contributed by atoms with Crippen LogP contribution in [-0.2, 0) is 4.79 Å². The van der Waals surface area contributed by atoms with Gasteiger partial charge >= 0.3 is 6.03 Å². The summed E-state index contributed by atoms with van der Waals surface area (Å²) < 4.78 is 5.27. The quantitative estimate of drug-likeness (QED) is 0.566. The Morgan fingerprint density at radius 3 is 2.03 bits per heavy atom. The van der Waals surface area contributed by atoms with Crippen LogP contribution < -0.4 is 15.4 Å². The van der Waals surface area contributed by atoms with Crippen molar-refractivity contribution in [2.75, 3.05) is 45.2 Å². The number of hydrogen-bond donors (Lipinski definition) is 2. The van der Waals surface area contributed by atoms with Crippen molar-refractivity contribution in [1.82, 2.24) is 15.1 Å². The Balaban J connectivity index is 1.33. The van der Waals surface area contributed by atoms with Gasteiger partial charge in [0.2, 0.25) is 5.91 Å². The van der Waals surface area contributed by atoms with Crippen molar-refractivity contribution < 1.29 is 14.3 Å². The number of methoxy groups -OCH3 is 1. The highest BCUT2D eigenvalue weighted by atomic mass is 16.5. The summed E-state index contributed by atoms with van der Waals surface area (Å²) in [6.45, 7) is 2.73. The van der Waals surface area contributed by atoms with Gasteiger partial charge < -0.3 is 20.3 Å². The number of para-hydroxylation sites is 1. The molecular formula is C27H30N4O3. The first-order valence-electron chi connectivity index (χ1n) is 11.4. The van der Waals surface area contributed by atoms with Gasteiger partial charge in [-0.3, -0.25) is 9.69 Å². The second-order valence-corrected chi connectivity index (χ2v) is 8.24. The number of benzene rings is 3. The zero-order chi connectivity index (χ0) is 23.8. The predicted octanol–water partition coefficient (Wildman–Crippen LogP) is 3.75. The number of hydrogen-bond acceptors (Lipinski definition) is 4. The molecule has 2 N–H and O–H groups in total. The molecule has 1 aliphatic rings. The molecule has 3 aromatic rings. The molecule has 176 valence electrons. The highest BCUT2D eigenvalue weighted by Crippen LogP contribution is 2.24. The Kier molecular flexibility index (Phi) is 7.78. The number of carbonyl (C=O) groups is 2. The third kappa shape index (κ3) is 6.14. The molecule has 0 saturated carbocycles. The molecule has 1 atom stereocenters. The molecule has 3 aromatic carbocycles. The van der Waals surface area contributed by atoms with Crippen LogP contribution >= 0.6 is 0 Å². The van der Waals surface area contributed by atoms with Crippen LogP contribution in [0.1, 0.15) is 17.2 Å². The van der Waals surface area contributed by atoms with Gasteiger partial charge in [0.25, 0.3) is 0 Å². The Hall–Kier alpha value is -3.84.